The minimum Gasteiger partial charge on any atom is -0.361 e. The van der Waals surface area contributed by atoms with E-state index < -0.39 is 0 Å². The van der Waals surface area contributed by atoms with Crippen LogP contribution in [0.25, 0.3) is 0 Å². The van der Waals surface area contributed by atoms with E-state index in [2.05, 4.69) is 5.16 Å². The molecule has 1 aliphatic heterocycles. The number of amides is 1. The van der Waals surface area contributed by atoms with E-state index in [1.54, 1.807) is 6.20 Å². The summed E-state index contributed by atoms with van der Waals surface area (Å²) in [5.41, 5.74) is 2.11. The zero-order valence-electron chi connectivity index (χ0n) is 11.0. The van der Waals surface area contributed by atoms with Crippen molar-refractivity contribution in [3.05, 3.63) is 52.4 Å². The average molecular weight is 291 g/mol. The van der Waals surface area contributed by atoms with E-state index in [1.807, 2.05) is 29.2 Å². The fraction of sp³-hybridized carbons (Fsp3) is 0.333. The zero-order chi connectivity index (χ0) is 13.9. The summed E-state index contributed by atoms with van der Waals surface area (Å²) >= 11 is 5.94. The molecule has 4 nitrogen and oxygen atoms in total. The predicted octanol–water partition coefficient (Wildman–Crippen LogP) is 2.85. The standard InChI is InChI=1S/C15H15ClN2O2/c16-13-3-1-2-11(8-13)4-5-15(19)18-7-6-14-12(10-18)9-17-20-14/h1-3,8-9H,4-7,10H2. The summed E-state index contributed by atoms with van der Waals surface area (Å²) in [5.74, 6) is 1.07. The largest absolute Gasteiger partial charge is 0.361 e. The van der Waals surface area contributed by atoms with Crippen LogP contribution in [0, 0.1) is 0 Å². The first-order valence-electron chi connectivity index (χ1n) is 6.67. The van der Waals surface area contributed by atoms with Crippen molar-refractivity contribution in [1.29, 1.82) is 0 Å². The maximum atomic E-state index is 12.2. The van der Waals surface area contributed by atoms with Crippen LogP contribution in [0.2, 0.25) is 5.02 Å². The van der Waals surface area contributed by atoms with Gasteiger partial charge in [-0.1, -0.05) is 28.9 Å². The minimum absolute atomic E-state index is 0.164. The first kappa shape index (κ1) is 13.2. The van der Waals surface area contributed by atoms with Crippen molar-refractivity contribution in [1.82, 2.24) is 10.1 Å². The van der Waals surface area contributed by atoms with Gasteiger partial charge in [0.15, 0.2) is 0 Å². The van der Waals surface area contributed by atoms with E-state index in [0.29, 0.717) is 31.0 Å². The Bertz CT molecular complexity index is 624. The van der Waals surface area contributed by atoms with Gasteiger partial charge in [0.2, 0.25) is 5.91 Å². The van der Waals surface area contributed by atoms with Gasteiger partial charge < -0.3 is 9.42 Å². The van der Waals surface area contributed by atoms with E-state index >= 15 is 0 Å². The van der Waals surface area contributed by atoms with E-state index in [1.165, 1.54) is 0 Å². The Hall–Kier alpha value is -1.81. The molecule has 5 heteroatoms. The lowest BCUT2D eigenvalue weighted by molar-refractivity contribution is -0.132. The molecule has 0 aliphatic carbocycles. The van der Waals surface area contributed by atoms with Crippen molar-refractivity contribution in [2.24, 2.45) is 0 Å². The van der Waals surface area contributed by atoms with Gasteiger partial charge in [-0.05, 0) is 24.1 Å². The van der Waals surface area contributed by atoms with Crippen LogP contribution >= 0.6 is 11.6 Å². The number of hydrogen-bond acceptors (Lipinski definition) is 3. The van der Waals surface area contributed by atoms with Crippen molar-refractivity contribution >= 4 is 17.5 Å². The van der Waals surface area contributed by atoms with Crippen LogP contribution in [-0.4, -0.2) is 22.5 Å². The van der Waals surface area contributed by atoms with Crippen LogP contribution in [0.5, 0.6) is 0 Å². The van der Waals surface area contributed by atoms with Gasteiger partial charge in [-0.2, -0.15) is 0 Å². The van der Waals surface area contributed by atoms with E-state index in [0.717, 1.165) is 23.3 Å². The maximum Gasteiger partial charge on any atom is 0.223 e. The molecule has 1 aromatic carbocycles. The van der Waals surface area contributed by atoms with Gasteiger partial charge in [-0.3, -0.25) is 4.79 Å². The molecular formula is C15H15ClN2O2. The first-order chi connectivity index (χ1) is 9.72. The summed E-state index contributed by atoms with van der Waals surface area (Å²) in [7, 11) is 0. The van der Waals surface area contributed by atoms with Gasteiger partial charge in [0.05, 0.1) is 12.7 Å². The third-order valence-corrected chi connectivity index (χ3v) is 3.80. The van der Waals surface area contributed by atoms with Crippen molar-refractivity contribution in [3.8, 4) is 0 Å². The second-order valence-corrected chi connectivity index (χ2v) is 5.41. The molecule has 0 bridgehead atoms. The number of rotatable bonds is 3. The van der Waals surface area contributed by atoms with Crippen LogP contribution in [0.3, 0.4) is 0 Å². The van der Waals surface area contributed by atoms with Crippen LogP contribution < -0.4 is 0 Å². The second-order valence-electron chi connectivity index (χ2n) is 4.97. The van der Waals surface area contributed by atoms with E-state index in [4.69, 9.17) is 16.1 Å². The number of benzene rings is 1. The molecule has 0 saturated carbocycles. The average Bonchev–Trinajstić information content (AvgIpc) is 2.92. The minimum atomic E-state index is 0.164. The second kappa shape index (κ2) is 5.67. The summed E-state index contributed by atoms with van der Waals surface area (Å²) in [6.45, 7) is 1.31. The Morgan fingerprint density at radius 1 is 1.45 bits per heavy atom. The zero-order valence-corrected chi connectivity index (χ0v) is 11.8. The fourth-order valence-electron chi connectivity index (χ4n) is 2.46. The maximum absolute atomic E-state index is 12.2. The van der Waals surface area contributed by atoms with Crippen LogP contribution in [0.1, 0.15) is 23.3 Å². The Labute approximate surface area is 122 Å². The smallest absolute Gasteiger partial charge is 0.223 e. The normalized spacial score (nSPS) is 14.2. The predicted molar refractivity (Wildman–Crippen MR) is 75.4 cm³/mol. The highest BCUT2D eigenvalue weighted by Gasteiger charge is 2.23. The van der Waals surface area contributed by atoms with Crippen LogP contribution in [0.4, 0.5) is 0 Å². The Morgan fingerprint density at radius 3 is 3.20 bits per heavy atom. The van der Waals surface area contributed by atoms with Gasteiger partial charge in [-0.25, -0.2) is 0 Å². The van der Waals surface area contributed by atoms with E-state index in [9.17, 15) is 4.79 Å². The molecule has 104 valence electrons. The van der Waals surface area contributed by atoms with Crippen LogP contribution in [0.15, 0.2) is 35.0 Å². The summed E-state index contributed by atoms with van der Waals surface area (Å²) in [6.07, 6.45) is 3.66. The van der Waals surface area contributed by atoms with Gasteiger partial charge in [-0.15, -0.1) is 0 Å². The molecule has 0 unspecified atom stereocenters. The van der Waals surface area contributed by atoms with Crippen molar-refractivity contribution in [2.45, 2.75) is 25.8 Å². The van der Waals surface area contributed by atoms with Crippen molar-refractivity contribution in [3.63, 3.8) is 0 Å². The molecule has 1 amide bonds. The highest BCUT2D eigenvalue weighted by atomic mass is 35.5. The Kier molecular flexibility index (Phi) is 3.74. The van der Waals surface area contributed by atoms with Crippen molar-refractivity contribution in [2.75, 3.05) is 6.54 Å². The lowest BCUT2D eigenvalue weighted by Gasteiger charge is -2.25. The van der Waals surface area contributed by atoms with Crippen LogP contribution in [-0.2, 0) is 24.2 Å². The number of carbonyl (C=O) groups excluding carboxylic acids is 1. The van der Waals surface area contributed by atoms with Gasteiger partial charge in [0.25, 0.3) is 0 Å². The SMILES string of the molecule is O=C(CCc1cccc(Cl)c1)N1CCc2oncc2C1. The van der Waals surface area contributed by atoms with Gasteiger partial charge >= 0.3 is 0 Å². The number of aryl methyl sites for hydroxylation is 1. The number of halogens is 1. The molecule has 2 aromatic rings. The quantitative estimate of drug-likeness (QED) is 0.873. The molecule has 1 aromatic heterocycles. The monoisotopic (exact) mass is 290 g/mol. The Balaban J connectivity index is 1.58. The number of fused-ring (bicyclic) bond motifs is 1. The third kappa shape index (κ3) is 2.85. The molecule has 0 fully saturated rings. The molecule has 0 spiro atoms. The van der Waals surface area contributed by atoms with E-state index in [-0.39, 0.29) is 5.91 Å². The molecule has 2 heterocycles. The fourth-order valence-corrected chi connectivity index (χ4v) is 2.67. The summed E-state index contributed by atoms with van der Waals surface area (Å²) < 4.78 is 5.12. The highest BCUT2D eigenvalue weighted by molar-refractivity contribution is 6.30. The molecular weight excluding hydrogens is 276 g/mol. The summed E-state index contributed by atoms with van der Waals surface area (Å²) in [6, 6.07) is 7.65. The summed E-state index contributed by atoms with van der Waals surface area (Å²) in [4.78, 5) is 14.1. The molecule has 0 saturated heterocycles. The molecule has 20 heavy (non-hydrogen) atoms. The van der Waals surface area contributed by atoms with Crippen molar-refractivity contribution < 1.29 is 9.32 Å². The summed E-state index contributed by atoms with van der Waals surface area (Å²) in [5, 5.41) is 4.48. The lowest BCUT2D eigenvalue weighted by atomic mass is 10.1. The first-order valence-corrected chi connectivity index (χ1v) is 7.05. The molecule has 1 aliphatic rings. The molecule has 0 N–H and O–H groups in total. The topological polar surface area (TPSA) is 46.3 Å². The van der Waals surface area contributed by atoms with Gasteiger partial charge in [0, 0.05) is 30.0 Å². The third-order valence-electron chi connectivity index (χ3n) is 3.57. The number of aromatic nitrogens is 1. The highest BCUT2D eigenvalue weighted by Crippen LogP contribution is 2.19. The number of hydrogen-bond donors (Lipinski definition) is 0. The number of nitrogens with zero attached hydrogens (tertiary/aromatic N) is 2. The molecule has 0 radical (unpaired) electrons. The Morgan fingerprint density at radius 2 is 2.35 bits per heavy atom. The van der Waals surface area contributed by atoms with Gasteiger partial charge in [0.1, 0.15) is 5.76 Å². The number of carbonyl (C=O) groups is 1. The lowest BCUT2D eigenvalue weighted by Crippen LogP contribution is -2.35. The molecule has 0 atom stereocenters. The molecule has 3 rings (SSSR count).